The van der Waals surface area contributed by atoms with Gasteiger partial charge in [0, 0.05) is 18.2 Å². The van der Waals surface area contributed by atoms with Crippen molar-refractivity contribution in [2.24, 2.45) is 0 Å². The number of benzene rings is 2. The minimum Gasteiger partial charge on any atom is -0.545 e. The molecule has 0 aromatic heterocycles. The van der Waals surface area contributed by atoms with Crippen LogP contribution in [0, 0.1) is 0 Å². The van der Waals surface area contributed by atoms with Crippen LogP contribution in [0.3, 0.4) is 0 Å². The molecular formula is C15H14NO6S-. The van der Waals surface area contributed by atoms with E-state index in [4.69, 9.17) is 9.47 Å². The fourth-order valence-corrected chi connectivity index (χ4v) is 2.96. The lowest BCUT2D eigenvalue weighted by Crippen LogP contribution is -2.23. The zero-order chi connectivity index (χ0) is 17.0. The summed E-state index contributed by atoms with van der Waals surface area (Å²) in [5.74, 6) is -0.638. The topological polar surface area (TPSA) is 105 Å². The molecule has 0 saturated heterocycles. The molecule has 7 nitrogen and oxygen atoms in total. The monoisotopic (exact) mass is 336 g/mol. The van der Waals surface area contributed by atoms with Gasteiger partial charge in [0.05, 0.1) is 30.8 Å². The Labute approximate surface area is 133 Å². The number of hydrogen-bond donors (Lipinski definition) is 1. The maximum Gasteiger partial charge on any atom is 0.261 e. The van der Waals surface area contributed by atoms with E-state index < -0.39 is 16.0 Å². The number of nitrogens with one attached hydrogen (secondary N) is 1. The fraction of sp³-hybridized carbons (Fsp3) is 0.133. The number of aromatic carboxylic acids is 1. The first-order valence-corrected chi connectivity index (χ1v) is 7.91. The van der Waals surface area contributed by atoms with Crippen LogP contribution in [-0.4, -0.2) is 28.6 Å². The lowest BCUT2D eigenvalue weighted by molar-refractivity contribution is -0.255. The molecule has 0 saturated carbocycles. The molecule has 2 rings (SSSR count). The molecular weight excluding hydrogens is 322 g/mol. The van der Waals surface area contributed by atoms with Gasteiger partial charge in [0.25, 0.3) is 10.0 Å². The highest BCUT2D eigenvalue weighted by Crippen LogP contribution is 2.27. The Bertz CT molecular complexity index is 809. The van der Waals surface area contributed by atoms with Gasteiger partial charge in [-0.05, 0) is 17.7 Å². The number of rotatable bonds is 6. The van der Waals surface area contributed by atoms with E-state index in [-0.39, 0.29) is 16.1 Å². The lowest BCUT2D eigenvalue weighted by Gasteiger charge is -2.12. The first-order valence-electron chi connectivity index (χ1n) is 6.43. The van der Waals surface area contributed by atoms with Gasteiger partial charge >= 0.3 is 0 Å². The van der Waals surface area contributed by atoms with Gasteiger partial charge < -0.3 is 19.4 Å². The van der Waals surface area contributed by atoms with Gasteiger partial charge in [-0.25, -0.2) is 8.42 Å². The number of carboxylic acids is 1. The Morgan fingerprint density at radius 3 is 2.17 bits per heavy atom. The predicted octanol–water partition coefficient (Wildman–Crippen LogP) is 0.868. The zero-order valence-corrected chi connectivity index (χ0v) is 13.2. The molecule has 0 fully saturated rings. The van der Waals surface area contributed by atoms with E-state index in [1.54, 1.807) is 6.07 Å². The summed E-state index contributed by atoms with van der Waals surface area (Å²) in [7, 11) is -1.09. The number of methoxy groups -OCH3 is 2. The summed E-state index contributed by atoms with van der Waals surface area (Å²) < 4.78 is 37.2. The summed E-state index contributed by atoms with van der Waals surface area (Å²) in [6.07, 6.45) is 0. The molecule has 0 aliphatic carbocycles. The van der Waals surface area contributed by atoms with Crippen molar-refractivity contribution in [3.8, 4) is 11.5 Å². The summed E-state index contributed by atoms with van der Waals surface area (Å²) in [6, 6.07) is 9.43. The Morgan fingerprint density at radius 1 is 1.04 bits per heavy atom. The van der Waals surface area contributed by atoms with Crippen LogP contribution in [0.2, 0.25) is 0 Å². The molecule has 0 amide bonds. The molecule has 23 heavy (non-hydrogen) atoms. The minimum atomic E-state index is -3.97. The Balaban J connectivity index is 2.38. The molecule has 0 radical (unpaired) electrons. The maximum atomic E-state index is 12.4. The van der Waals surface area contributed by atoms with Gasteiger partial charge in [-0.15, -0.1) is 0 Å². The molecule has 0 unspecified atom stereocenters. The van der Waals surface area contributed by atoms with Crippen LogP contribution >= 0.6 is 0 Å². The van der Waals surface area contributed by atoms with Crippen molar-refractivity contribution in [2.45, 2.75) is 4.90 Å². The first-order chi connectivity index (χ1) is 10.9. The zero-order valence-electron chi connectivity index (χ0n) is 12.4. The Kier molecular flexibility index (Phi) is 4.75. The average Bonchev–Trinajstić information content (AvgIpc) is 2.54. The smallest absolute Gasteiger partial charge is 0.261 e. The van der Waals surface area contributed by atoms with Crippen LogP contribution in [0.25, 0.3) is 0 Å². The normalized spacial score (nSPS) is 10.9. The van der Waals surface area contributed by atoms with Gasteiger partial charge in [-0.3, -0.25) is 4.72 Å². The predicted molar refractivity (Wildman–Crippen MR) is 81.1 cm³/mol. The van der Waals surface area contributed by atoms with Gasteiger partial charge in [0.15, 0.2) is 0 Å². The fourth-order valence-electron chi connectivity index (χ4n) is 1.87. The quantitative estimate of drug-likeness (QED) is 0.839. The summed E-state index contributed by atoms with van der Waals surface area (Å²) in [4.78, 5) is 10.7. The molecule has 2 aromatic carbocycles. The summed E-state index contributed by atoms with van der Waals surface area (Å²) in [5, 5.41) is 10.8. The highest BCUT2D eigenvalue weighted by Gasteiger charge is 2.16. The second-order valence-electron chi connectivity index (χ2n) is 4.52. The van der Waals surface area contributed by atoms with E-state index in [0.29, 0.717) is 11.5 Å². The molecule has 0 aliphatic rings. The molecule has 0 atom stereocenters. The number of ether oxygens (including phenoxy) is 2. The number of carbonyl (C=O) groups is 1. The number of hydrogen-bond acceptors (Lipinski definition) is 6. The van der Waals surface area contributed by atoms with Crippen molar-refractivity contribution >= 4 is 21.7 Å². The van der Waals surface area contributed by atoms with Crippen LogP contribution in [0.5, 0.6) is 11.5 Å². The molecule has 2 aromatic rings. The van der Waals surface area contributed by atoms with Crippen LogP contribution in [0.15, 0.2) is 47.4 Å². The van der Waals surface area contributed by atoms with Crippen LogP contribution < -0.4 is 19.3 Å². The second-order valence-corrected chi connectivity index (χ2v) is 6.20. The molecule has 0 bridgehead atoms. The van der Waals surface area contributed by atoms with Crippen molar-refractivity contribution < 1.29 is 27.8 Å². The van der Waals surface area contributed by atoms with Crippen molar-refractivity contribution in [1.29, 1.82) is 0 Å². The van der Waals surface area contributed by atoms with Crippen molar-refractivity contribution in [1.82, 2.24) is 0 Å². The van der Waals surface area contributed by atoms with E-state index in [9.17, 15) is 18.3 Å². The summed E-state index contributed by atoms with van der Waals surface area (Å²) >= 11 is 0. The summed E-state index contributed by atoms with van der Waals surface area (Å²) in [5.41, 5.74) is -0.00356. The van der Waals surface area contributed by atoms with Crippen molar-refractivity contribution in [2.75, 3.05) is 18.9 Å². The lowest BCUT2D eigenvalue weighted by atomic mass is 10.2. The Morgan fingerprint density at radius 2 is 1.65 bits per heavy atom. The maximum absolute atomic E-state index is 12.4. The number of sulfonamides is 1. The van der Waals surface area contributed by atoms with Gasteiger partial charge in [0.2, 0.25) is 0 Å². The number of carbonyl (C=O) groups excluding carboxylic acids is 1. The van der Waals surface area contributed by atoms with Crippen molar-refractivity contribution in [3.05, 3.63) is 48.0 Å². The highest BCUT2D eigenvalue weighted by molar-refractivity contribution is 7.92. The SMILES string of the molecule is COc1cc(NS(=O)(=O)c2cccc(C(=O)[O-])c2)cc(OC)c1. The van der Waals surface area contributed by atoms with Crippen LogP contribution in [0.4, 0.5) is 5.69 Å². The van der Waals surface area contributed by atoms with Gasteiger partial charge in [-0.1, -0.05) is 12.1 Å². The number of carboxylic acid groups (broad SMARTS) is 1. The minimum absolute atomic E-state index is 0.194. The first kappa shape index (κ1) is 16.6. The third-order valence-electron chi connectivity index (χ3n) is 2.98. The van der Waals surface area contributed by atoms with Crippen LogP contribution in [-0.2, 0) is 10.0 Å². The van der Waals surface area contributed by atoms with Gasteiger partial charge in [-0.2, -0.15) is 0 Å². The Hall–Kier alpha value is -2.74. The third-order valence-corrected chi connectivity index (χ3v) is 4.36. The second kappa shape index (κ2) is 6.57. The van der Waals surface area contributed by atoms with Gasteiger partial charge in [0.1, 0.15) is 11.5 Å². The molecule has 8 heteroatoms. The molecule has 122 valence electrons. The van der Waals surface area contributed by atoms with E-state index in [0.717, 1.165) is 6.07 Å². The number of anilines is 1. The van der Waals surface area contributed by atoms with Crippen LogP contribution in [0.1, 0.15) is 10.4 Å². The molecule has 0 aliphatic heterocycles. The average molecular weight is 336 g/mol. The molecule has 0 spiro atoms. The van der Waals surface area contributed by atoms with E-state index in [2.05, 4.69) is 4.72 Å². The van der Waals surface area contributed by atoms with Crippen molar-refractivity contribution in [3.63, 3.8) is 0 Å². The van der Waals surface area contributed by atoms with E-state index in [1.165, 1.54) is 44.6 Å². The van der Waals surface area contributed by atoms with E-state index in [1.807, 2.05) is 0 Å². The third kappa shape index (κ3) is 3.92. The summed E-state index contributed by atoms with van der Waals surface area (Å²) in [6.45, 7) is 0. The van der Waals surface area contributed by atoms with E-state index >= 15 is 0 Å². The standard InChI is InChI=1S/C15H15NO6S/c1-21-12-7-11(8-13(9-12)22-2)16-23(19,20)14-5-3-4-10(6-14)15(17)18/h3-9,16H,1-2H3,(H,17,18)/p-1. The molecule has 1 N–H and O–H groups in total. The molecule has 0 heterocycles. The highest BCUT2D eigenvalue weighted by atomic mass is 32.2. The largest absolute Gasteiger partial charge is 0.545 e.